The maximum absolute atomic E-state index is 10.8. The summed E-state index contributed by atoms with van der Waals surface area (Å²) in [6.07, 6.45) is 0.917. The van der Waals surface area contributed by atoms with Gasteiger partial charge in [-0.25, -0.2) is 0 Å². The maximum Gasteiger partial charge on any atom is 0.273 e. The minimum Gasteiger partial charge on any atom is -0.494 e. The predicted octanol–water partition coefficient (Wildman–Crippen LogP) is 4.23. The van der Waals surface area contributed by atoms with Gasteiger partial charge in [0, 0.05) is 10.9 Å². The van der Waals surface area contributed by atoms with Crippen LogP contribution in [0.1, 0.15) is 24.3 Å². The molecule has 5 nitrogen and oxygen atoms in total. The van der Waals surface area contributed by atoms with E-state index in [2.05, 4.69) is 18.3 Å². The Labute approximate surface area is 121 Å². The number of ether oxygens (including phenoxy) is 1. The third-order valence-electron chi connectivity index (χ3n) is 3.02. The molecule has 2 aromatic rings. The first kappa shape index (κ1) is 14.3. The lowest BCUT2D eigenvalue weighted by Crippen LogP contribution is -2.09. The number of hydrogen-bond acceptors (Lipinski definition) is 5. The van der Waals surface area contributed by atoms with Crippen molar-refractivity contribution >= 4 is 22.7 Å². The highest BCUT2D eigenvalue weighted by atomic mass is 32.1. The monoisotopic (exact) mass is 292 g/mol. The fourth-order valence-corrected chi connectivity index (χ4v) is 2.83. The Hall–Kier alpha value is -2.08. The molecule has 6 heteroatoms. The molecule has 0 aliphatic heterocycles. The van der Waals surface area contributed by atoms with Crippen molar-refractivity contribution in [3.8, 4) is 5.75 Å². The van der Waals surface area contributed by atoms with E-state index in [9.17, 15) is 10.1 Å². The molecule has 1 N–H and O–H groups in total. The first-order chi connectivity index (χ1) is 9.65. The average Bonchev–Trinajstić information content (AvgIpc) is 2.98. The largest absolute Gasteiger partial charge is 0.494 e. The Morgan fingerprint density at radius 2 is 2.25 bits per heavy atom. The quantitative estimate of drug-likeness (QED) is 0.639. The number of nitro benzene ring substituents is 1. The molecule has 0 bridgehead atoms. The van der Waals surface area contributed by atoms with Crippen LogP contribution in [0.3, 0.4) is 0 Å². The molecule has 2 rings (SSSR count). The molecule has 0 fully saturated rings. The Morgan fingerprint density at radius 1 is 1.45 bits per heavy atom. The molecular weight excluding hydrogens is 276 g/mol. The number of nitrogens with zero attached hydrogens (tertiary/aromatic N) is 1. The van der Waals surface area contributed by atoms with E-state index in [-0.39, 0.29) is 11.7 Å². The Morgan fingerprint density at radius 3 is 2.80 bits per heavy atom. The lowest BCUT2D eigenvalue weighted by molar-refractivity contribution is -0.384. The van der Waals surface area contributed by atoms with Crippen LogP contribution < -0.4 is 10.1 Å². The fourth-order valence-electron chi connectivity index (χ4n) is 1.96. The number of nitro groups is 1. The summed E-state index contributed by atoms with van der Waals surface area (Å²) in [5, 5.41) is 16.2. The van der Waals surface area contributed by atoms with Gasteiger partial charge in [-0.2, -0.15) is 0 Å². The minimum atomic E-state index is -0.428. The van der Waals surface area contributed by atoms with E-state index >= 15 is 0 Å². The summed E-state index contributed by atoms with van der Waals surface area (Å²) in [7, 11) is 1.51. The SMILES string of the molecule is CCC(Nc1ccc([N+](=O)[O-])cc1OC)c1cccs1. The standard InChI is InChI=1S/C14H16N2O3S/c1-3-11(14-5-4-8-20-14)15-12-7-6-10(16(17)18)9-13(12)19-2/h4-9,11,15H,3H2,1-2H3. The molecule has 0 aliphatic rings. The van der Waals surface area contributed by atoms with Gasteiger partial charge in [0.25, 0.3) is 5.69 Å². The summed E-state index contributed by atoms with van der Waals surface area (Å²) in [5.41, 5.74) is 0.787. The highest BCUT2D eigenvalue weighted by Crippen LogP contribution is 2.33. The first-order valence-electron chi connectivity index (χ1n) is 6.28. The maximum atomic E-state index is 10.8. The average molecular weight is 292 g/mol. The van der Waals surface area contributed by atoms with Gasteiger partial charge in [-0.05, 0) is 23.9 Å². The van der Waals surface area contributed by atoms with Gasteiger partial charge in [-0.15, -0.1) is 11.3 Å². The van der Waals surface area contributed by atoms with Crippen molar-refractivity contribution in [2.75, 3.05) is 12.4 Å². The normalized spacial score (nSPS) is 11.9. The van der Waals surface area contributed by atoms with Gasteiger partial charge in [0.2, 0.25) is 0 Å². The molecule has 1 aromatic heterocycles. The molecule has 0 spiro atoms. The third kappa shape index (κ3) is 3.08. The second-order valence-corrected chi connectivity index (χ2v) is 5.24. The molecule has 1 atom stereocenters. The zero-order chi connectivity index (χ0) is 14.5. The van der Waals surface area contributed by atoms with Crippen LogP contribution in [-0.4, -0.2) is 12.0 Å². The van der Waals surface area contributed by atoms with Crippen LogP contribution in [0.4, 0.5) is 11.4 Å². The van der Waals surface area contributed by atoms with E-state index in [0.717, 1.165) is 12.1 Å². The molecule has 1 unspecified atom stereocenters. The van der Waals surface area contributed by atoms with Gasteiger partial charge in [0.05, 0.1) is 29.8 Å². The number of rotatable bonds is 6. The third-order valence-corrected chi connectivity index (χ3v) is 4.01. The van der Waals surface area contributed by atoms with Crippen molar-refractivity contribution in [1.29, 1.82) is 0 Å². The summed E-state index contributed by atoms with van der Waals surface area (Å²) >= 11 is 1.68. The number of hydrogen-bond donors (Lipinski definition) is 1. The lowest BCUT2D eigenvalue weighted by Gasteiger charge is -2.18. The molecule has 0 aliphatic carbocycles. The Kier molecular flexibility index (Phi) is 4.57. The van der Waals surface area contributed by atoms with Crippen LogP contribution in [0.2, 0.25) is 0 Å². The molecule has 0 saturated carbocycles. The summed E-state index contributed by atoms with van der Waals surface area (Å²) in [4.78, 5) is 11.6. The highest BCUT2D eigenvalue weighted by Gasteiger charge is 2.15. The topological polar surface area (TPSA) is 64.4 Å². The number of non-ortho nitro benzene ring substituents is 1. The van der Waals surface area contributed by atoms with Crippen LogP contribution in [0.5, 0.6) is 5.75 Å². The number of benzene rings is 1. The van der Waals surface area contributed by atoms with Gasteiger partial charge < -0.3 is 10.1 Å². The Balaban J connectivity index is 2.26. The first-order valence-corrected chi connectivity index (χ1v) is 7.16. The highest BCUT2D eigenvalue weighted by molar-refractivity contribution is 7.10. The van der Waals surface area contributed by atoms with Crippen molar-refractivity contribution < 1.29 is 9.66 Å². The van der Waals surface area contributed by atoms with Gasteiger partial charge in [0.1, 0.15) is 5.75 Å². The number of anilines is 1. The fraction of sp³-hybridized carbons (Fsp3) is 0.286. The molecule has 20 heavy (non-hydrogen) atoms. The second kappa shape index (κ2) is 6.38. The van der Waals surface area contributed by atoms with Gasteiger partial charge in [0.15, 0.2) is 0 Å². The van der Waals surface area contributed by atoms with Gasteiger partial charge >= 0.3 is 0 Å². The molecule has 0 saturated heterocycles. The molecule has 1 heterocycles. The molecule has 106 valence electrons. The second-order valence-electron chi connectivity index (χ2n) is 4.26. The van der Waals surface area contributed by atoms with Crippen molar-refractivity contribution in [3.05, 3.63) is 50.7 Å². The minimum absolute atomic E-state index is 0.0246. The van der Waals surface area contributed by atoms with E-state index in [1.54, 1.807) is 17.4 Å². The number of thiophene rings is 1. The zero-order valence-electron chi connectivity index (χ0n) is 11.3. The summed E-state index contributed by atoms with van der Waals surface area (Å²) in [6, 6.07) is 8.86. The van der Waals surface area contributed by atoms with Crippen molar-refractivity contribution in [1.82, 2.24) is 0 Å². The van der Waals surface area contributed by atoms with Crippen LogP contribution in [0.15, 0.2) is 35.7 Å². The zero-order valence-corrected chi connectivity index (χ0v) is 12.1. The van der Waals surface area contributed by atoms with E-state index in [0.29, 0.717) is 5.75 Å². The van der Waals surface area contributed by atoms with E-state index in [1.165, 1.54) is 24.1 Å². The van der Waals surface area contributed by atoms with Crippen molar-refractivity contribution in [3.63, 3.8) is 0 Å². The predicted molar refractivity (Wildman–Crippen MR) is 80.6 cm³/mol. The van der Waals surface area contributed by atoms with Crippen LogP contribution in [0, 0.1) is 10.1 Å². The van der Waals surface area contributed by atoms with Crippen LogP contribution in [-0.2, 0) is 0 Å². The summed E-state index contributed by atoms with van der Waals surface area (Å²) < 4.78 is 5.24. The van der Waals surface area contributed by atoms with Crippen molar-refractivity contribution in [2.45, 2.75) is 19.4 Å². The molecule has 0 amide bonds. The van der Waals surface area contributed by atoms with E-state index < -0.39 is 4.92 Å². The molecule has 0 radical (unpaired) electrons. The number of nitrogens with one attached hydrogen (secondary N) is 1. The van der Waals surface area contributed by atoms with Crippen molar-refractivity contribution in [2.24, 2.45) is 0 Å². The smallest absolute Gasteiger partial charge is 0.273 e. The Bertz CT molecular complexity index is 584. The lowest BCUT2D eigenvalue weighted by atomic mass is 10.1. The number of methoxy groups -OCH3 is 1. The van der Waals surface area contributed by atoms with E-state index in [1.807, 2.05) is 11.4 Å². The van der Waals surface area contributed by atoms with E-state index in [4.69, 9.17) is 4.74 Å². The van der Waals surface area contributed by atoms with Crippen LogP contribution in [0.25, 0.3) is 0 Å². The molecular formula is C14H16N2O3S. The van der Waals surface area contributed by atoms with Gasteiger partial charge in [-0.3, -0.25) is 10.1 Å². The molecule has 1 aromatic carbocycles. The summed E-state index contributed by atoms with van der Waals surface area (Å²) in [5.74, 6) is 0.481. The van der Waals surface area contributed by atoms with Crippen LogP contribution >= 0.6 is 11.3 Å². The van der Waals surface area contributed by atoms with Gasteiger partial charge in [-0.1, -0.05) is 13.0 Å². The summed E-state index contributed by atoms with van der Waals surface area (Å²) in [6.45, 7) is 2.09.